The second-order valence-corrected chi connectivity index (χ2v) is 9.46. The van der Waals surface area contributed by atoms with Crippen molar-refractivity contribution in [2.75, 3.05) is 17.2 Å². The standard InChI is InChI=1S/C27H24Cl2N4O3S/c1-2-3-14-36-26(35)16-8-11-18(12-9-16)30-27(37)33-24-25(34)31-22-13-10-17(28)15-20(22)23(32-24)19-6-4-5-7-21(19)29/h4-13,15,24H,2-3,14H2,1H3,(H,31,34)(H2,30,33,37). The molecule has 37 heavy (non-hydrogen) atoms. The van der Waals surface area contributed by atoms with Crippen LogP contribution in [0.5, 0.6) is 0 Å². The lowest BCUT2D eigenvalue weighted by Crippen LogP contribution is -2.44. The lowest BCUT2D eigenvalue weighted by Gasteiger charge is -2.16. The first-order chi connectivity index (χ1) is 17.9. The van der Waals surface area contributed by atoms with Gasteiger partial charge in [-0.05, 0) is 67.2 Å². The van der Waals surface area contributed by atoms with E-state index in [4.69, 9.17) is 40.2 Å². The van der Waals surface area contributed by atoms with E-state index in [1.807, 2.05) is 25.1 Å². The monoisotopic (exact) mass is 554 g/mol. The SMILES string of the molecule is CCCCOC(=O)c1ccc(NC(=S)NC2N=C(c3ccccc3Cl)c3cc(Cl)ccc3NC2=O)cc1. The number of hydrogen-bond donors (Lipinski definition) is 3. The smallest absolute Gasteiger partial charge is 0.338 e. The van der Waals surface area contributed by atoms with Crippen molar-refractivity contribution >= 4 is 69.5 Å². The van der Waals surface area contributed by atoms with Gasteiger partial charge in [-0.25, -0.2) is 9.79 Å². The summed E-state index contributed by atoms with van der Waals surface area (Å²) >= 11 is 18.2. The van der Waals surface area contributed by atoms with Gasteiger partial charge >= 0.3 is 5.97 Å². The number of unbranched alkanes of at least 4 members (excludes halogenated alkanes) is 1. The Morgan fingerprint density at radius 1 is 1.08 bits per heavy atom. The fourth-order valence-corrected chi connectivity index (χ4v) is 4.25. The number of esters is 1. The third-order valence-corrected chi connectivity index (χ3v) is 6.29. The molecule has 190 valence electrons. The number of amides is 1. The minimum absolute atomic E-state index is 0.171. The molecule has 1 atom stereocenters. The highest BCUT2D eigenvalue weighted by molar-refractivity contribution is 7.80. The zero-order chi connectivity index (χ0) is 26.4. The van der Waals surface area contributed by atoms with Gasteiger partial charge in [-0.2, -0.15) is 0 Å². The van der Waals surface area contributed by atoms with E-state index in [0.717, 1.165) is 12.8 Å². The molecule has 4 rings (SSSR count). The van der Waals surface area contributed by atoms with E-state index in [0.29, 0.717) is 50.4 Å². The van der Waals surface area contributed by atoms with Gasteiger partial charge in [0.15, 0.2) is 5.11 Å². The van der Waals surface area contributed by atoms with Gasteiger partial charge in [0.1, 0.15) is 0 Å². The molecule has 1 aliphatic heterocycles. The Morgan fingerprint density at radius 3 is 2.57 bits per heavy atom. The first-order valence-corrected chi connectivity index (χ1v) is 12.8. The van der Waals surface area contributed by atoms with E-state index in [1.165, 1.54) is 0 Å². The molecule has 0 fully saturated rings. The lowest BCUT2D eigenvalue weighted by molar-refractivity contribution is -0.117. The van der Waals surface area contributed by atoms with Crippen molar-refractivity contribution in [3.05, 3.63) is 93.5 Å². The first kappa shape index (κ1) is 26.6. The number of benzene rings is 3. The predicted molar refractivity (Wildman–Crippen MR) is 152 cm³/mol. The summed E-state index contributed by atoms with van der Waals surface area (Å²) in [5.74, 6) is -0.781. The van der Waals surface area contributed by atoms with Crippen molar-refractivity contribution in [1.29, 1.82) is 0 Å². The van der Waals surface area contributed by atoms with Gasteiger partial charge < -0.3 is 20.7 Å². The van der Waals surface area contributed by atoms with E-state index in [1.54, 1.807) is 48.5 Å². The van der Waals surface area contributed by atoms with Gasteiger partial charge in [0.05, 0.1) is 23.6 Å². The second kappa shape index (κ2) is 12.2. The fourth-order valence-electron chi connectivity index (χ4n) is 3.62. The van der Waals surface area contributed by atoms with Crippen molar-refractivity contribution < 1.29 is 14.3 Å². The number of fused-ring (bicyclic) bond motifs is 1. The summed E-state index contributed by atoms with van der Waals surface area (Å²) in [6.45, 7) is 2.42. The molecule has 7 nitrogen and oxygen atoms in total. The molecule has 1 aliphatic rings. The number of halogens is 2. The van der Waals surface area contributed by atoms with Crippen LogP contribution in [-0.2, 0) is 9.53 Å². The molecule has 0 saturated carbocycles. The summed E-state index contributed by atoms with van der Waals surface area (Å²) in [4.78, 5) is 29.9. The van der Waals surface area contributed by atoms with E-state index >= 15 is 0 Å². The molecule has 0 saturated heterocycles. The number of carbonyl (C=O) groups is 2. The molecule has 0 aliphatic carbocycles. The number of benzodiazepines with no additional fused rings is 1. The molecule has 1 amide bonds. The van der Waals surface area contributed by atoms with Crippen molar-refractivity contribution in [3.8, 4) is 0 Å². The van der Waals surface area contributed by atoms with Crippen LogP contribution < -0.4 is 16.0 Å². The van der Waals surface area contributed by atoms with E-state index in [-0.39, 0.29) is 11.1 Å². The molecule has 1 unspecified atom stereocenters. The summed E-state index contributed by atoms with van der Waals surface area (Å²) in [7, 11) is 0. The summed E-state index contributed by atoms with van der Waals surface area (Å²) in [6.07, 6.45) is 0.715. The van der Waals surface area contributed by atoms with Crippen LogP contribution in [0.4, 0.5) is 11.4 Å². The third-order valence-electron chi connectivity index (χ3n) is 5.51. The molecule has 10 heteroatoms. The van der Waals surface area contributed by atoms with Crippen molar-refractivity contribution in [1.82, 2.24) is 5.32 Å². The Morgan fingerprint density at radius 2 is 1.84 bits per heavy atom. The largest absolute Gasteiger partial charge is 0.462 e. The lowest BCUT2D eigenvalue weighted by atomic mass is 10.0. The van der Waals surface area contributed by atoms with Crippen molar-refractivity contribution in [2.45, 2.75) is 25.9 Å². The van der Waals surface area contributed by atoms with E-state index < -0.39 is 12.1 Å². The average molecular weight is 555 g/mol. The topological polar surface area (TPSA) is 91.8 Å². The van der Waals surface area contributed by atoms with Crippen LogP contribution in [0.15, 0.2) is 71.7 Å². The van der Waals surface area contributed by atoms with Crippen LogP contribution in [0, 0.1) is 0 Å². The van der Waals surface area contributed by atoms with Gasteiger partial charge in [-0.15, -0.1) is 0 Å². The highest BCUT2D eigenvalue weighted by Crippen LogP contribution is 2.29. The van der Waals surface area contributed by atoms with Gasteiger partial charge in [-0.1, -0.05) is 54.7 Å². The molecule has 0 bridgehead atoms. The summed E-state index contributed by atoms with van der Waals surface area (Å²) in [5, 5.41) is 9.99. The molecule has 1 heterocycles. The van der Waals surface area contributed by atoms with Crippen LogP contribution in [0.25, 0.3) is 0 Å². The zero-order valence-corrected chi connectivity index (χ0v) is 22.2. The number of thiocarbonyl (C=S) groups is 1. The molecular formula is C27H24Cl2N4O3S. The highest BCUT2D eigenvalue weighted by Gasteiger charge is 2.27. The summed E-state index contributed by atoms with van der Waals surface area (Å²) in [5.41, 5.74) is 3.40. The third kappa shape index (κ3) is 6.65. The maximum Gasteiger partial charge on any atom is 0.338 e. The minimum Gasteiger partial charge on any atom is -0.462 e. The van der Waals surface area contributed by atoms with Crippen LogP contribution >= 0.6 is 35.4 Å². The number of anilines is 2. The Labute approximate surface area is 230 Å². The van der Waals surface area contributed by atoms with E-state index in [9.17, 15) is 9.59 Å². The fraction of sp³-hybridized carbons (Fsp3) is 0.185. The summed E-state index contributed by atoms with van der Waals surface area (Å²) in [6, 6.07) is 19.1. The van der Waals surface area contributed by atoms with Crippen LogP contribution in [-0.4, -0.2) is 35.5 Å². The highest BCUT2D eigenvalue weighted by atomic mass is 35.5. The number of hydrogen-bond acceptors (Lipinski definition) is 5. The molecule has 3 aromatic rings. The van der Waals surface area contributed by atoms with Crippen LogP contribution in [0.2, 0.25) is 10.0 Å². The first-order valence-electron chi connectivity index (χ1n) is 11.6. The van der Waals surface area contributed by atoms with Gasteiger partial charge in [-0.3, -0.25) is 4.79 Å². The van der Waals surface area contributed by atoms with Crippen LogP contribution in [0.1, 0.15) is 41.3 Å². The number of nitrogens with one attached hydrogen (secondary N) is 3. The Balaban J connectivity index is 1.53. The molecular weight excluding hydrogens is 531 g/mol. The zero-order valence-electron chi connectivity index (χ0n) is 19.9. The normalized spacial score (nSPS) is 14.5. The number of rotatable bonds is 7. The molecule has 0 aromatic heterocycles. The maximum absolute atomic E-state index is 13.1. The molecule has 3 aromatic carbocycles. The van der Waals surface area contributed by atoms with Gasteiger partial charge in [0, 0.05) is 26.9 Å². The number of nitrogens with zero attached hydrogens (tertiary/aromatic N) is 1. The van der Waals surface area contributed by atoms with E-state index in [2.05, 4.69) is 20.9 Å². The number of carbonyl (C=O) groups excluding carboxylic acids is 2. The number of aliphatic imine (C=N–C) groups is 1. The Bertz CT molecular complexity index is 1360. The minimum atomic E-state index is -1.05. The van der Waals surface area contributed by atoms with Crippen LogP contribution in [0.3, 0.4) is 0 Å². The summed E-state index contributed by atoms with van der Waals surface area (Å²) < 4.78 is 5.23. The Hall–Kier alpha value is -3.46. The Kier molecular flexibility index (Phi) is 8.76. The molecule has 0 radical (unpaired) electrons. The number of ether oxygens (including phenoxy) is 1. The van der Waals surface area contributed by atoms with Gasteiger partial charge in [0.25, 0.3) is 5.91 Å². The maximum atomic E-state index is 13.1. The molecule has 3 N–H and O–H groups in total. The van der Waals surface area contributed by atoms with Crippen molar-refractivity contribution in [3.63, 3.8) is 0 Å². The average Bonchev–Trinajstić information content (AvgIpc) is 3.01. The van der Waals surface area contributed by atoms with Gasteiger partial charge in [0.2, 0.25) is 6.17 Å². The second-order valence-electron chi connectivity index (χ2n) is 8.20. The quantitative estimate of drug-likeness (QED) is 0.187. The van der Waals surface area contributed by atoms with Crippen molar-refractivity contribution in [2.24, 2.45) is 4.99 Å². The predicted octanol–water partition coefficient (Wildman–Crippen LogP) is 6.05. The molecule has 0 spiro atoms.